The normalized spacial score (nSPS) is 17.7. The number of hydrogen-bond acceptors (Lipinski definition) is 4. The molecule has 4 rings (SSSR count). The second kappa shape index (κ2) is 8.22. The summed E-state index contributed by atoms with van der Waals surface area (Å²) in [5.74, 6) is -0.152. The number of carbonyl (C=O) groups excluding carboxylic acids is 1. The van der Waals surface area contributed by atoms with Crippen LogP contribution in [0.2, 0.25) is 0 Å². The van der Waals surface area contributed by atoms with E-state index >= 15 is 0 Å². The van der Waals surface area contributed by atoms with Crippen molar-refractivity contribution in [1.29, 1.82) is 0 Å². The summed E-state index contributed by atoms with van der Waals surface area (Å²) in [5, 5.41) is 14.6. The fourth-order valence-corrected chi connectivity index (χ4v) is 4.15. The van der Waals surface area contributed by atoms with Crippen LogP contribution in [0.1, 0.15) is 46.4 Å². The van der Waals surface area contributed by atoms with E-state index in [1.807, 2.05) is 30.9 Å². The molecule has 6 nitrogen and oxygen atoms in total. The molecule has 0 bridgehead atoms. The minimum Gasteiger partial charge on any atom is -0.378 e. The van der Waals surface area contributed by atoms with Gasteiger partial charge in [0.2, 0.25) is 0 Å². The molecule has 31 heavy (non-hydrogen) atoms. The van der Waals surface area contributed by atoms with Crippen molar-refractivity contribution in [3.63, 3.8) is 0 Å². The summed E-state index contributed by atoms with van der Waals surface area (Å²) in [6, 6.07) is 20.3. The van der Waals surface area contributed by atoms with Crippen molar-refractivity contribution in [1.82, 2.24) is 0 Å². The first kappa shape index (κ1) is 20.6. The fraction of sp³-hybridized carbons (Fsp3) is 0.240. The molecule has 1 N–H and O–H groups in total. The molecule has 2 atom stereocenters. The molecule has 0 fully saturated rings. The van der Waals surface area contributed by atoms with Crippen LogP contribution in [0.5, 0.6) is 0 Å². The number of nitro groups is 1. The Morgan fingerprint density at radius 2 is 1.65 bits per heavy atom. The largest absolute Gasteiger partial charge is 0.378 e. The summed E-state index contributed by atoms with van der Waals surface area (Å²) < 4.78 is 0. The first-order valence-electron chi connectivity index (χ1n) is 10.4. The van der Waals surface area contributed by atoms with Crippen LogP contribution in [0, 0.1) is 24.0 Å². The van der Waals surface area contributed by atoms with E-state index in [4.69, 9.17) is 0 Å². The highest BCUT2D eigenvalue weighted by Crippen LogP contribution is 2.40. The SMILES string of the molecule is Cc1ccc(N[C@@H]2C[C@@H](C)N(C(=O)c3ccc([N+](=O)[O-])cc3)c3ccc(C)cc32)cc1. The first-order chi connectivity index (χ1) is 14.8. The zero-order valence-electron chi connectivity index (χ0n) is 17.8. The summed E-state index contributed by atoms with van der Waals surface area (Å²) >= 11 is 0. The van der Waals surface area contributed by atoms with Crippen molar-refractivity contribution in [2.75, 3.05) is 10.2 Å². The fourth-order valence-electron chi connectivity index (χ4n) is 4.15. The molecule has 3 aromatic rings. The topological polar surface area (TPSA) is 75.5 Å². The highest BCUT2D eigenvalue weighted by Gasteiger charge is 2.34. The molecule has 0 aliphatic carbocycles. The van der Waals surface area contributed by atoms with E-state index in [0.717, 1.165) is 28.9 Å². The summed E-state index contributed by atoms with van der Waals surface area (Å²) in [6.07, 6.45) is 0.753. The highest BCUT2D eigenvalue weighted by molar-refractivity contribution is 6.07. The van der Waals surface area contributed by atoms with Crippen molar-refractivity contribution in [3.05, 3.63) is 99.1 Å². The van der Waals surface area contributed by atoms with E-state index in [0.29, 0.717) is 5.56 Å². The predicted molar refractivity (Wildman–Crippen MR) is 123 cm³/mol. The maximum absolute atomic E-state index is 13.4. The molecule has 6 heteroatoms. The van der Waals surface area contributed by atoms with Crippen molar-refractivity contribution in [2.45, 2.75) is 39.3 Å². The van der Waals surface area contributed by atoms with Crippen LogP contribution < -0.4 is 10.2 Å². The molecule has 1 amide bonds. The van der Waals surface area contributed by atoms with Gasteiger partial charge in [-0.3, -0.25) is 14.9 Å². The summed E-state index contributed by atoms with van der Waals surface area (Å²) in [7, 11) is 0. The van der Waals surface area contributed by atoms with Gasteiger partial charge in [0, 0.05) is 35.1 Å². The third-order valence-electron chi connectivity index (χ3n) is 5.77. The Kier molecular flexibility index (Phi) is 5.46. The van der Waals surface area contributed by atoms with Gasteiger partial charge in [0.15, 0.2) is 0 Å². The van der Waals surface area contributed by atoms with Gasteiger partial charge in [0.05, 0.1) is 11.0 Å². The van der Waals surface area contributed by atoms with Crippen LogP contribution in [0.25, 0.3) is 0 Å². The van der Waals surface area contributed by atoms with Crippen molar-refractivity contribution in [2.24, 2.45) is 0 Å². The van der Waals surface area contributed by atoms with Crippen molar-refractivity contribution in [3.8, 4) is 0 Å². The molecule has 1 aliphatic rings. The number of hydrogen-bond donors (Lipinski definition) is 1. The monoisotopic (exact) mass is 415 g/mol. The van der Waals surface area contributed by atoms with Crippen LogP contribution >= 0.6 is 0 Å². The van der Waals surface area contributed by atoms with E-state index in [1.54, 1.807) is 0 Å². The molecular formula is C25H25N3O3. The minimum absolute atomic E-state index is 0.0263. The molecule has 0 spiro atoms. The van der Waals surface area contributed by atoms with Gasteiger partial charge in [-0.15, -0.1) is 0 Å². The average Bonchev–Trinajstić information content (AvgIpc) is 2.75. The maximum Gasteiger partial charge on any atom is 0.269 e. The molecule has 0 saturated carbocycles. The maximum atomic E-state index is 13.4. The van der Waals surface area contributed by atoms with Gasteiger partial charge < -0.3 is 10.2 Å². The highest BCUT2D eigenvalue weighted by atomic mass is 16.6. The van der Waals surface area contributed by atoms with Gasteiger partial charge in [0.1, 0.15) is 0 Å². The lowest BCUT2D eigenvalue weighted by Crippen LogP contribution is -2.44. The lowest BCUT2D eigenvalue weighted by Gasteiger charge is -2.40. The number of anilines is 2. The number of fused-ring (bicyclic) bond motifs is 1. The third-order valence-corrected chi connectivity index (χ3v) is 5.77. The van der Waals surface area contributed by atoms with Crippen molar-refractivity contribution < 1.29 is 9.72 Å². The Morgan fingerprint density at radius 1 is 1.00 bits per heavy atom. The number of nitrogens with one attached hydrogen (secondary N) is 1. The standard InChI is InChI=1S/C25H25N3O3/c1-16-4-9-20(10-5-16)26-23-15-18(3)27(24-13-6-17(2)14-22(23)24)25(29)19-7-11-21(12-8-19)28(30)31/h4-14,18,23,26H,15H2,1-3H3/t18-,23-/m1/s1. The van der Waals surface area contributed by atoms with E-state index < -0.39 is 4.92 Å². The predicted octanol–water partition coefficient (Wildman–Crippen LogP) is 5.80. The molecule has 0 unspecified atom stereocenters. The van der Waals surface area contributed by atoms with Gasteiger partial charge in [-0.05, 0) is 63.1 Å². The Hall–Kier alpha value is -3.67. The first-order valence-corrected chi connectivity index (χ1v) is 10.4. The summed E-state index contributed by atoms with van der Waals surface area (Å²) in [4.78, 5) is 25.7. The van der Waals surface area contributed by atoms with E-state index in [1.165, 1.54) is 29.8 Å². The van der Waals surface area contributed by atoms with Gasteiger partial charge in [-0.25, -0.2) is 0 Å². The Labute approximate surface area is 181 Å². The second-order valence-corrected chi connectivity index (χ2v) is 8.19. The Bertz CT molecular complexity index is 1120. The molecule has 1 heterocycles. The lowest BCUT2D eigenvalue weighted by molar-refractivity contribution is -0.384. The van der Waals surface area contributed by atoms with Crippen LogP contribution in [0.3, 0.4) is 0 Å². The molecule has 0 saturated heterocycles. The van der Waals surface area contributed by atoms with Crippen LogP contribution in [0.4, 0.5) is 17.1 Å². The number of nitro benzene ring substituents is 1. The molecule has 1 aliphatic heterocycles. The van der Waals surface area contributed by atoms with E-state index in [9.17, 15) is 14.9 Å². The number of carbonyl (C=O) groups is 1. The van der Waals surface area contributed by atoms with Crippen LogP contribution in [-0.2, 0) is 0 Å². The Morgan fingerprint density at radius 3 is 2.29 bits per heavy atom. The summed E-state index contributed by atoms with van der Waals surface area (Å²) in [6.45, 7) is 6.15. The smallest absolute Gasteiger partial charge is 0.269 e. The number of benzene rings is 3. The van der Waals surface area contributed by atoms with Crippen LogP contribution in [0.15, 0.2) is 66.7 Å². The average molecular weight is 415 g/mol. The van der Waals surface area contributed by atoms with Gasteiger partial charge in [0.25, 0.3) is 11.6 Å². The van der Waals surface area contributed by atoms with Crippen LogP contribution in [-0.4, -0.2) is 16.9 Å². The van der Waals surface area contributed by atoms with E-state index in [-0.39, 0.29) is 23.7 Å². The molecule has 3 aromatic carbocycles. The minimum atomic E-state index is -0.461. The number of amides is 1. The zero-order valence-corrected chi connectivity index (χ0v) is 17.8. The Balaban J connectivity index is 1.68. The van der Waals surface area contributed by atoms with E-state index in [2.05, 4.69) is 42.6 Å². The summed E-state index contributed by atoms with van der Waals surface area (Å²) in [5.41, 5.74) is 5.75. The van der Waals surface area contributed by atoms with Gasteiger partial charge in [-0.2, -0.15) is 0 Å². The molecule has 0 aromatic heterocycles. The number of rotatable bonds is 4. The molecular weight excluding hydrogens is 390 g/mol. The second-order valence-electron chi connectivity index (χ2n) is 8.19. The quantitative estimate of drug-likeness (QED) is 0.431. The number of nitrogens with zero attached hydrogens (tertiary/aromatic N) is 2. The van der Waals surface area contributed by atoms with Gasteiger partial charge >= 0.3 is 0 Å². The lowest BCUT2D eigenvalue weighted by atomic mass is 9.89. The van der Waals surface area contributed by atoms with Crippen molar-refractivity contribution >= 4 is 23.0 Å². The third kappa shape index (κ3) is 4.14. The zero-order chi connectivity index (χ0) is 22.1. The number of non-ortho nitro benzene ring substituents is 1. The molecule has 0 radical (unpaired) electrons. The number of aryl methyl sites for hydroxylation is 2. The molecule has 158 valence electrons. The van der Waals surface area contributed by atoms with Gasteiger partial charge in [-0.1, -0.05) is 35.4 Å².